The summed E-state index contributed by atoms with van der Waals surface area (Å²) in [5.74, 6) is -0.904. The number of benzene rings is 1. The monoisotopic (exact) mass is 366 g/mol. The maximum Gasteiger partial charge on any atom is 0.335 e. The van der Waals surface area contributed by atoms with Crippen LogP contribution in [0, 0.1) is 5.92 Å². The molecule has 1 saturated carbocycles. The topological polar surface area (TPSA) is 104 Å². The van der Waals surface area contributed by atoms with Gasteiger partial charge < -0.3 is 10.0 Å². The van der Waals surface area contributed by atoms with E-state index in [4.69, 9.17) is 5.11 Å². The number of sulfonamides is 1. The molecule has 1 amide bonds. The van der Waals surface area contributed by atoms with Crippen LogP contribution in [0.25, 0.3) is 0 Å². The van der Waals surface area contributed by atoms with Gasteiger partial charge in [-0.25, -0.2) is 17.9 Å². The number of carboxylic acid groups (broad SMARTS) is 1. The molecule has 1 saturated heterocycles. The lowest BCUT2D eigenvalue weighted by atomic mass is 10.0. The lowest BCUT2D eigenvalue weighted by molar-refractivity contribution is -0.138. The van der Waals surface area contributed by atoms with Crippen molar-refractivity contribution in [2.75, 3.05) is 13.1 Å². The zero-order valence-electron chi connectivity index (χ0n) is 13.8. The van der Waals surface area contributed by atoms with Gasteiger partial charge in [0, 0.05) is 25.6 Å². The Balaban J connectivity index is 1.52. The molecule has 1 aromatic carbocycles. The highest BCUT2D eigenvalue weighted by Crippen LogP contribution is 2.29. The van der Waals surface area contributed by atoms with Crippen LogP contribution in [0.5, 0.6) is 0 Å². The second-order valence-electron chi connectivity index (χ2n) is 6.72. The van der Waals surface area contributed by atoms with Gasteiger partial charge in [-0.1, -0.05) is 25.0 Å². The normalized spacial score (nSPS) is 19.0. The highest BCUT2D eigenvalue weighted by Gasteiger charge is 2.41. The van der Waals surface area contributed by atoms with Crippen molar-refractivity contribution < 1.29 is 23.1 Å². The predicted molar refractivity (Wildman–Crippen MR) is 91.5 cm³/mol. The fourth-order valence-corrected chi connectivity index (χ4v) is 4.72. The molecule has 2 fully saturated rings. The number of amides is 1. The Hall–Kier alpha value is -1.93. The third kappa shape index (κ3) is 4.01. The first kappa shape index (κ1) is 17.9. The van der Waals surface area contributed by atoms with Crippen molar-refractivity contribution in [3.05, 3.63) is 35.4 Å². The number of hydrogen-bond acceptors (Lipinski definition) is 4. The van der Waals surface area contributed by atoms with Gasteiger partial charge in [0.2, 0.25) is 15.9 Å². The van der Waals surface area contributed by atoms with Gasteiger partial charge in [0.25, 0.3) is 0 Å². The Morgan fingerprint density at radius 2 is 1.88 bits per heavy atom. The number of carbonyl (C=O) groups excluding carboxylic acids is 1. The molecule has 0 aromatic heterocycles. The summed E-state index contributed by atoms with van der Waals surface area (Å²) in [6, 6.07) is 6.16. The number of carboxylic acids is 1. The summed E-state index contributed by atoms with van der Waals surface area (Å²) in [6.07, 6.45) is 3.96. The maximum atomic E-state index is 12.3. The number of carbonyl (C=O) groups is 2. The smallest absolute Gasteiger partial charge is 0.335 e. The van der Waals surface area contributed by atoms with Gasteiger partial charge in [0.1, 0.15) is 5.25 Å². The van der Waals surface area contributed by atoms with Gasteiger partial charge >= 0.3 is 5.97 Å². The minimum absolute atomic E-state index is 0.0382. The molecule has 136 valence electrons. The first-order valence-corrected chi connectivity index (χ1v) is 10.0. The molecule has 7 nitrogen and oxygen atoms in total. The van der Waals surface area contributed by atoms with E-state index in [1.807, 2.05) is 0 Å². The van der Waals surface area contributed by atoms with Gasteiger partial charge in [0.15, 0.2) is 0 Å². The maximum absolute atomic E-state index is 12.3. The van der Waals surface area contributed by atoms with Crippen LogP contribution in [-0.4, -0.2) is 48.6 Å². The number of nitrogens with one attached hydrogen (secondary N) is 1. The van der Waals surface area contributed by atoms with E-state index in [-0.39, 0.29) is 37.0 Å². The zero-order valence-corrected chi connectivity index (χ0v) is 14.7. The van der Waals surface area contributed by atoms with Gasteiger partial charge in [-0.3, -0.25) is 4.79 Å². The van der Waals surface area contributed by atoms with Crippen LogP contribution >= 0.6 is 0 Å². The Morgan fingerprint density at radius 3 is 2.52 bits per heavy atom. The molecular formula is C17H22N2O5S. The van der Waals surface area contributed by atoms with E-state index < -0.39 is 21.2 Å². The fourth-order valence-electron chi connectivity index (χ4n) is 3.36. The summed E-state index contributed by atoms with van der Waals surface area (Å²) in [4.78, 5) is 24.8. The largest absolute Gasteiger partial charge is 0.478 e. The minimum atomic E-state index is -3.54. The van der Waals surface area contributed by atoms with E-state index in [2.05, 4.69) is 4.72 Å². The van der Waals surface area contributed by atoms with E-state index in [1.54, 1.807) is 17.0 Å². The fraction of sp³-hybridized carbons (Fsp3) is 0.529. The molecule has 3 rings (SSSR count). The van der Waals surface area contributed by atoms with E-state index in [0.29, 0.717) is 5.56 Å². The Kier molecular flexibility index (Phi) is 5.10. The number of hydrogen-bond donors (Lipinski definition) is 2. The van der Waals surface area contributed by atoms with E-state index in [1.165, 1.54) is 12.1 Å². The van der Waals surface area contributed by atoms with Crippen molar-refractivity contribution in [1.29, 1.82) is 0 Å². The van der Waals surface area contributed by atoms with Crippen LogP contribution in [0.3, 0.4) is 0 Å². The molecule has 0 unspecified atom stereocenters. The van der Waals surface area contributed by atoms with E-state index >= 15 is 0 Å². The van der Waals surface area contributed by atoms with Crippen molar-refractivity contribution >= 4 is 21.9 Å². The molecule has 0 bridgehead atoms. The summed E-state index contributed by atoms with van der Waals surface area (Å²) < 4.78 is 27.2. The average molecular weight is 366 g/mol. The molecule has 0 atom stereocenters. The van der Waals surface area contributed by atoms with Crippen molar-refractivity contribution in [3.63, 3.8) is 0 Å². The molecule has 1 aliphatic heterocycles. The average Bonchev–Trinajstić information content (AvgIpc) is 3.06. The van der Waals surface area contributed by atoms with Crippen LogP contribution in [0.15, 0.2) is 24.3 Å². The summed E-state index contributed by atoms with van der Waals surface area (Å²) in [5.41, 5.74) is 0.704. The summed E-state index contributed by atoms with van der Waals surface area (Å²) >= 11 is 0. The number of aromatic carboxylic acids is 1. The van der Waals surface area contributed by atoms with Crippen LogP contribution in [0.1, 0.15) is 41.6 Å². The number of nitrogens with zero attached hydrogens (tertiary/aromatic N) is 1. The zero-order chi connectivity index (χ0) is 18.0. The van der Waals surface area contributed by atoms with E-state index in [0.717, 1.165) is 25.7 Å². The Morgan fingerprint density at radius 1 is 1.20 bits per heavy atom. The molecule has 2 aliphatic rings. The summed E-state index contributed by atoms with van der Waals surface area (Å²) in [7, 11) is -3.54. The molecule has 25 heavy (non-hydrogen) atoms. The van der Waals surface area contributed by atoms with E-state index in [9.17, 15) is 18.0 Å². The molecule has 8 heteroatoms. The van der Waals surface area contributed by atoms with Crippen molar-refractivity contribution in [2.45, 2.75) is 37.5 Å². The quantitative estimate of drug-likeness (QED) is 0.787. The summed E-state index contributed by atoms with van der Waals surface area (Å²) in [6.45, 7) is 0.510. The van der Waals surface area contributed by atoms with Crippen LogP contribution in [0.2, 0.25) is 0 Å². The first-order chi connectivity index (χ1) is 11.9. The van der Waals surface area contributed by atoms with Crippen LogP contribution in [-0.2, 0) is 21.4 Å². The Labute approximate surface area is 147 Å². The predicted octanol–water partition coefficient (Wildman–Crippen LogP) is 1.21. The number of rotatable bonds is 6. The molecule has 0 radical (unpaired) electrons. The Bertz CT molecular complexity index is 765. The molecule has 2 N–H and O–H groups in total. The SMILES string of the molecule is O=C(O)c1cccc(CNS(=O)(=O)C2CN(C(=O)C3CCCC3)C2)c1. The first-order valence-electron chi connectivity index (χ1n) is 8.46. The lowest BCUT2D eigenvalue weighted by Crippen LogP contribution is -2.60. The third-order valence-corrected chi connectivity index (χ3v) is 6.68. The minimum Gasteiger partial charge on any atom is -0.478 e. The van der Waals surface area contributed by atoms with Gasteiger partial charge in [-0.15, -0.1) is 0 Å². The van der Waals surface area contributed by atoms with Crippen LogP contribution < -0.4 is 4.72 Å². The lowest BCUT2D eigenvalue weighted by Gasteiger charge is -2.39. The van der Waals surface area contributed by atoms with Crippen LogP contribution in [0.4, 0.5) is 0 Å². The molecular weight excluding hydrogens is 344 g/mol. The number of likely N-dealkylation sites (tertiary alicyclic amines) is 1. The second-order valence-corrected chi connectivity index (χ2v) is 8.76. The second kappa shape index (κ2) is 7.13. The molecule has 0 spiro atoms. The van der Waals surface area contributed by atoms with Gasteiger partial charge in [-0.2, -0.15) is 0 Å². The molecule has 1 aromatic rings. The van der Waals surface area contributed by atoms with Gasteiger partial charge in [-0.05, 0) is 30.5 Å². The third-order valence-electron chi connectivity index (χ3n) is 4.95. The van der Waals surface area contributed by atoms with Crippen molar-refractivity contribution in [2.24, 2.45) is 5.92 Å². The molecule has 1 aliphatic carbocycles. The molecule has 1 heterocycles. The standard InChI is InChI=1S/C17H22N2O5S/c20-16(13-5-1-2-6-13)19-10-15(11-19)25(23,24)18-9-12-4-3-7-14(8-12)17(21)22/h3-4,7-8,13,15,18H,1-2,5-6,9-11H2,(H,21,22). The highest BCUT2D eigenvalue weighted by molar-refractivity contribution is 7.90. The van der Waals surface area contributed by atoms with Crippen molar-refractivity contribution in [1.82, 2.24) is 9.62 Å². The van der Waals surface area contributed by atoms with Gasteiger partial charge in [0.05, 0.1) is 5.56 Å². The summed E-state index contributed by atoms with van der Waals surface area (Å²) in [5, 5.41) is 8.37. The van der Waals surface area contributed by atoms with Crippen molar-refractivity contribution in [3.8, 4) is 0 Å². The highest BCUT2D eigenvalue weighted by atomic mass is 32.2.